The Balaban J connectivity index is 1.36. The molecule has 0 saturated heterocycles. The van der Waals surface area contributed by atoms with E-state index in [1.54, 1.807) is 48.5 Å². The molecule has 6 nitrogen and oxygen atoms in total. The molecule has 3 rings (SSSR count). The molecule has 2 amide bonds. The smallest absolute Gasteiger partial charge is 0.258 e. The maximum absolute atomic E-state index is 12.0. The molecular formula is C23H21ClN2O4. The molecule has 0 bridgehead atoms. The largest absolute Gasteiger partial charge is 0.489 e. The molecule has 0 spiro atoms. The van der Waals surface area contributed by atoms with Crippen molar-refractivity contribution in [1.82, 2.24) is 5.32 Å². The maximum atomic E-state index is 12.0. The molecule has 7 heteroatoms. The molecule has 0 aliphatic heterocycles. The summed E-state index contributed by atoms with van der Waals surface area (Å²) in [6.07, 6.45) is 0. The fraction of sp³-hybridized carbons (Fsp3) is 0.130. The first-order valence-electron chi connectivity index (χ1n) is 9.30. The van der Waals surface area contributed by atoms with Crippen molar-refractivity contribution in [3.63, 3.8) is 0 Å². The zero-order valence-electron chi connectivity index (χ0n) is 16.1. The molecule has 30 heavy (non-hydrogen) atoms. The lowest BCUT2D eigenvalue weighted by molar-refractivity contribution is -0.125. The third-order valence-corrected chi connectivity index (χ3v) is 4.27. The van der Waals surface area contributed by atoms with Gasteiger partial charge in [-0.25, -0.2) is 0 Å². The number of carbonyl (C=O) groups is 2. The highest BCUT2D eigenvalue weighted by Crippen LogP contribution is 2.17. The van der Waals surface area contributed by atoms with Gasteiger partial charge in [0.1, 0.15) is 18.1 Å². The van der Waals surface area contributed by atoms with Crippen molar-refractivity contribution in [2.24, 2.45) is 0 Å². The Kier molecular flexibility index (Phi) is 7.69. The van der Waals surface area contributed by atoms with Crippen molar-refractivity contribution in [1.29, 1.82) is 0 Å². The summed E-state index contributed by atoms with van der Waals surface area (Å²) in [5.74, 6) is 0.482. The second-order valence-corrected chi connectivity index (χ2v) is 6.80. The van der Waals surface area contributed by atoms with Crippen LogP contribution in [0.4, 0.5) is 5.69 Å². The normalized spacial score (nSPS) is 10.2. The van der Waals surface area contributed by atoms with Crippen LogP contribution < -0.4 is 20.1 Å². The van der Waals surface area contributed by atoms with Gasteiger partial charge in [0.25, 0.3) is 5.91 Å². The van der Waals surface area contributed by atoms with E-state index in [-0.39, 0.29) is 19.1 Å². The number of anilines is 1. The molecule has 0 radical (unpaired) electrons. The van der Waals surface area contributed by atoms with Crippen LogP contribution in [0.5, 0.6) is 11.5 Å². The Morgan fingerprint density at radius 1 is 0.767 bits per heavy atom. The Hall–Kier alpha value is -3.51. The van der Waals surface area contributed by atoms with Crippen LogP contribution in [0.25, 0.3) is 0 Å². The summed E-state index contributed by atoms with van der Waals surface area (Å²) in [4.78, 5) is 23.8. The molecule has 0 aliphatic rings. The predicted molar refractivity (Wildman–Crippen MR) is 116 cm³/mol. The monoisotopic (exact) mass is 424 g/mol. The number of benzene rings is 3. The molecule has 154 valence electrons. The standard InChI is InChI=1S/C23H21ClN2O4/c24-18-6-10-20(11-7-18)30-16-23(28)25-14-22(27)26-19-8-12-21(13-9-19)29-15-17-4-2-1-3-5-17/h1-13H,14-16H2,(H,25,28)(H,26,27). The molecule has 3 aromatic carbocycles. The number of nitrogens with one attached hydrogen (secondary N) is 2. The molecule has 0 heterocycles. The molecule has 0 fully saturated rings. The van der Waals surface area contributed by atoms with Crippen molar-refractivity contribution >= 4 is 29.1 Å². The third kappa shape index (κ3) is 7.14. The topological polar surface area (TPSA) is 76.7 Å². The zero-order valence-corrected chi connectivity index (χ0v) is 16.9. The number of rotatable bonds is 9. The average Bonchev–Trinajstić information content (AvgIpc) is 2.77. The van der Waals surface area contributed by atoms with Crippen LogP contribution in [0.15, 0.2) is 78.9 Å². The first kappa shape index (κ1) is 21.2. The third-order valence-electron chi connectivity index (χ3n) is 4.02. The van der Waals surface area contributed by atoms with Gasteiger partial charge in [0, 0.05) is 10.7 Å². The van der Waals surface area contributed by atoms with Crippen LogP contribution in [0, 0.1) is 0 Å². The Morgan fingerprint density at radius 2 is 1.40 bits per heavy atom. The van der Waals surface area contributed by atoms with E-state index in [2.05, 4.69) is 10.6 Å². The SMILES string of the molecule is O=C(COc1ccc(Cl)cc1)NCC(=O)Nc1ccc(OCc2ccccc2)cc1. The van der Waals surface area contributed by atoms with Crippen molar-refractivity contribution in [3.8, 4) is 11.5 Å². The van der Waals surface area contributed by atoms with Crippen molar-refractivity contribution < 1.29 is 19.1 Å². The second kappa shape index (κ2) is 10.9. The van der Waals surface area contributed by atoms with E-state index in [4.69, 9.17) is 21.1 Å². The Morgan fingerprint density at radius 3 is 2.10 bits per heavy atom. The van der Waals surface area contributed by atoms with E-state index < -0.39 is 5.91 Å². The number of amides is 2. The molecule has 0 aliphatic carbocycles. The molecular weight excluding hydrogens is 404 g/mol. The number of carbonyl (C=O) groups excluding carboxylic acids is 2. The lowest BCUT2D eigenvalue weighted by Crippen LogP contribution is -2.35. The van der Waals surface area contributed by atoms with Gasteiger partial charge in [0.05, 0.1) is 6.54 Å². The average molecular weight is 425 g/mol. The van der Waals surface area contributed by atoms with Crippen molar-refractivity contribution in [2.45, 2.75) is 6.61 Å². The van der Waals surface area contributed by atoms with E-state index in [1.165, 1.54) is 0 Å². The molecule has 0 saturated carbocycles. The Labute approximate surface area is 179 Å². The number of ether oxygens (including phenoxy) is 2. The lowest BCUT2D eigenvalue weighted by atomic mass is 10.2. The van der Waals surface area contributed by atoms with Crippen molar-refractivity contribution in [3.05, 3.63) is 89.4 Å². The molecule has 0 unspecified atom stereocenters. The van der Waals surface area contributed by atoms with Gasteiger partial charge in [0.15, 0.2) is 6.61 Å². The van der Waals surface area contributed by atoms with E-state index in [9.17, 15) is 9.59 Å². The van der Waals surface area contributed by atoms with Crippen LogP contribution >= 0.6 is 11.6 Å². The van der Waals surface area contributed by atoms with Crippen LogP contribution in [0.2, 0.25) is 5.02 Å². The van der Waals surface area contributed by atoms with E-state index in [0.29, 0.717) is 28.8 Å². The molecule has 0 aromatic heterocycles. The minimum Gasteiger partial charge on any atom is -0.489 e. The number of hydrogen-bond donors (Lipinski definition) is 2. The predicted octanol–water partition coefficient (Wildman–Crippen LogP) is 4.05. The number of hydrogen-bond acceptors (Lipinski definition) is 4. The lowest BCUT2D eigenvalue weighted by Gasteiger charge is -2.10. The van der Waals surface area contributed by atoms with Crippen LogP contribution in [-0.2, 0) is 16.2 Å². The van der Waals surface area contributed by atoms with E-state index in [1.807, 2.05) is 30.3 Å². The minimum absolute atomic E-state index is 0.158. The highest BCUT2D eigenvalue weighted by Gasteiger charge is 2.07. The van der Waals surface area contributed by atoms with Gasteiger partial charge in [0.2, 0.25) is 5.91 Å². The summed E-state index contributed by atoms with van der Waals surface area (Å²) < 4.78 is 11.0. The van der Waals surface area contributed by atoms with Crippen molar-refractivity contribution in [2.75, 3.05) is 18.5 Å². The summed E-state index contributed by atoms with van der Waals surface area (Å²) >= 11 is 5.79. The van der Waals surface area contributed by atoms with Gasteiger partial charge in [-0.1, -0.05) is 41.9 Å². The number of halogens is 1. The first-order valence-corrected chi connectivity index (χ1v) is 9.68. The fourth-order valence-electron chi connectivity index (χ4n) is 2.49. The second-order valence-electron chi connectivity index (χ2n) is 6.37. The molecule has 3 aromatic rings. The molecule has 2 N–H and O–H groups in total. The van der Waals surface area contributed by atoms with Gasteiger partial charge in [-0.2, -0.15) is 0 Å². The van der Waals surface area contributed by atoms with Gasteiger partial charge in [-0.05, 0) is 54.1 Å². The summed E-state index contributed by atoms with van der Waals surface area (Å²) in [6.45, 7) is 0.119. The summed E-state index contributed by atoms with van der Waals surface area (Å²) in [7, 11) is 0. The van der Waals surface area contributed by atoms with Gasteiger partial charge in [-0.15, -0.1) is 0 Å². The minimum atomic E-state index is -0.398. The highest BCUT2D eigenvalue weighted by atomic mass is 35.5. The van der Waals surface area contributed by atoms with Crippen LogP contribution in [0.1, 0.15) is 5.56 Å². The van der Waals surface area contributed by atoms with Gasteiger partial charge < -0.3 is 20.1 Å². The molecule has 0 atom stereocenters. The quantitative estimate of drug-likeness (QED) is 0.543. The zero-order chi connectivity index (χ0) is 21.2. The maximum Gasteiger partial charge on any atom is 0.258 e. The summed E-state index contributed by atoms with van der Waals surface area (Å²) in [5, 5.41) is 5.80. The first-order chi connectivity index (χ1) is 14.6. The fourth-order valence-corrected chi connectivity index (χ4v) is 2.62. The Bertz CT molecular complexity index is 961. The van der Waals surface area contributed by atoms with E-state index in [0.717, 1.165) is 5.56 Å². The van der Waals surface area contributed by atoms with Gasteiger partial charge >= 0.3 is 0 Å². The van der Waals surface area contributed by atoms with Gasteiger partial charge in [-0.3, -0.25) is 9.59 Å². The summed E-state index contributed by atoms with van der Waals surface area (Å²) in [5.41, 5.74) is 1.68. The van der Waals surface area contributed by atoms with Crippen LogP contribution in [-0.4, -0.2) is 25.0 Å². The van der Waals surface area contributed by atoms with E-state index >= 15 is 0 Å². The highest BCUT2D eigenvalue weighted by molar-refractivity contribution is 6.30. The van der Waals surface area contributed by atoms with Crippen LogP contribution in [0.3, 0.4) is 0 Å². The summed E-state index contributed by atoms with van der Waals surface area (Å²) in [6, 6.07) is 23.5.